The van der Waals surface area contributed by atoms with Crippen molar-refractivity contribution in [1.29, 1.82) is 0 Å². The van der Waals surface area contributed by atoms with Crippen LogP contribution >= 0.6 is 0 Å². The minimum Gasteiger partial charge on any atom is -0.394 e. The van der Waals surface area contributed by atoms with E-state index in [1.807, 2.05) is 6.08 Å². The molecule has 0 aromatic rings. The number of aliphatic hydroxyl groups excluding tert-OH is 2. The molecule has 0 fully saturated rings. The molecule has 0 bridgehead atoms. The van der Waals surface area contributed by atoms with Crippen LogP contribution in [0.25, 0.3) is 0 Å². The SMILES string of the molecule is CC/C=C\C/C=C\C/C=C\C/C=C\CCCCCCCCCCCCCCCCCCCCCCCCC(=O)NC(CO)C(O)/C=C/CC/C=C/CCCCCCCCCCCCCC. The van der Waals surface area contributed by atoms with Crippen molar-refractivity contribution in [2.45, 2.75) is 302 Å². The molecular weight excluding hydrogens is 795 g/mol. The van der Waals surface area contributed by atoms with E-state index in [1.165, 1.54) is 212 Å². The highest BCUT2D eigenvalue weighted by molar-refractivity contribution is 5.76. The highest BCUT2D eigenvalue weighted by atomic mass is 16.3. The largest absolute Gasteiger partial charge is 0.394 e. The first-order chi connectivity index (χ1) is 32.2. The second kappa shape index (κ2) is 56.2. The lowest BCUT2D eigenvalue weighted by Crippen LogP contribution is -2.45. The number of rotatable bonds is 52. The number of nitrogens with one attached hydrogen (secondary N) is 1. The van der Waals surface area contributed by atoms with Gasteiger partial charge in [0.2, 0.25) is 5.91 Å². The van der Waals surface area contributed by atoms with Crippen LogP contribution in [0.5, 0.6) is 0 Å². The Labute approximate surface area is 406 Å². The molecule has 0 saturated heterocycles. The molecule has 0 aliphatic rings. The van der Waals surface area contributed by atoms with E-state index >= 15 is 0 Å². The standard InChI is InChI=1S/C61H111NO3/c1-3-5-7-9-11-13-15-17-19-21-23-24-25-26-27-28-29-30-31-32-33-34-35-36-37-38-39-41-43-45-47-49-51-53-55-57-61(65)62-59(58-63)60(64)56-54-52-50-48-46-44-42-40-22-20-18-16-14-12-10-8-6-4-2/h5,7,11,13,17,19,23-24,46,48,54,56,59-60,63-64H,3-4,6,8-10,12,14-16,18,20-22,25-45,47,49-53,55,57-58H2,1-2H3,(H,62,65)/b7-5-,13-11-,19-17-,24-23-,48-46+,56-54+. The number of carbonyl (C=O) groups is 1. The van der Waals surface area contributed by atoms with Gasteiger partial charge in [-0.3, -0.25) is 4.79 Å². The van der Waals surface area contributed by atoms with Crippen molar-refractivity contribution in [3.8, 4) is 0 Å². The molecule has 0 aliphatic carbocycles. The number of unbranched alkanes of at least 4 members (excludes halogenated alkanes) is 35. The fourth-order valence-corrected chi connectivity index (χ4v) is 8.60. The van der Waals surface area contributed by atoms with Crippen LogP contribution in [-0.4, -0.2) is 34.9 Å². The van der Waals surface area contributed by atoms with Crippen molar-refractivity contribution in [1.82, 2.24) is 5.32 Å². The molecule has 2 unspecified atom stereocenters. The van der Waals surface area contributed by atoms with Gasteiger partial charge >= 0.3 is 0 Å². The predicted molar refractivity (Wildman–Crippen MR) is 290 cm³/mol. The molecule has 378 valence electrons. The summed E-state index contributed by atoms with van der Waals surface area (Å²) >= 11 is 0. The molecule has 65 heavy (non-hydrogen) atoms. The van der Waals surface area contributed by atoms with Gasteiger partial charge in [0.1, 0.15) is 0 Å². The van der Waals surface area contributed by atoms with Crippen LogP contribution in [0.1, 0.15) is 290 Å². The van der Waals surface area contributed by atoms with Gasteiger partial charge < -0.3 is 15.5 Å². The van der Waals surface area contributed by atoms with Gasteiger partial charge in [-0.25, -0.2) is 0 Å². The smallest absolute Gasteiger partial charge is 0.220 e. The lowest BCUT2D eigenvalue weighted by Gasteiger charge is -2.19. The normalized spacial score (nSPS) is 13.4. The van der Waals surface area contributed by atoms with Gasteiger partial charge in [-0.15, -0.1) is 0 Å². The third-order valence-electron chi connectivity index (χ3n) is 12.9. The summed E-state index contributed by atoms with van der Waals surface area (Å²) < 4.78 is 0. The predicted octanol–water partition coefficient (Wildman–Crippen LogP) is 19.0. The molecule has 0 radical (unpaired) electrons. The summed E-state index contributed by atoms with van der Waals surface area (Å²) in [6.45, 7) is 4.20. The van der Waals surface area contributed by atoms with Gasteiger partial charge in [-0.1, -0.05) is 286 Å². The quantitative estimate of drug-likeness (QED) is 0.0421. The zero-order valence-corrected chi connectivity index (χ0v) is 43.5. The van der Waals surface area contributed by atoms with E-state index in [1.54, 1.807) is 6.08 Å². The molecule has 4 heteroatoms. The molecule has 1 amide bonds. The van der Waals surface area contributed by atoms with Gasteiger partial charge in [-0.2, -0.15) is 0 Å². The Kier molecular flexibility index (Phi) is 54.3. The van der Waals surface area contributed by atoms with E-state index in [0.717, 1.165) is 57.8 Å². The minimum absolute atomic E-state index is 0.0707. The van der Waals surface area contributed by atoms with E-state index in [9.17, 15) is 15.0 Å². The molecule has 0 aromatic carbocycles. The fourth-order valence-electron chi connectivity index (χ4n) is 8.60. The summed E-state index contributed by atoms with van der Waals surface area (Å²) in [5, 5.41) is 23.1. The third kappa shape index (κ3) is 52.7. The number of allylic oxidation sites excluding steroid dienone is 11. The molecule has 2 atom stereocenters. The Morgan fingerprint density at radius 2 is 0.692 bits per heavy atom. The molecular formula is C61H111NO3. The van der Waals surface area contributed by atoms with Crippen molar-refractivity contribution < 1.29 is 15.0 Å². The van der Waals surface area contributed by atoms with Gasteiger partial charge in [0, 0.05) is 6.42 Å². The second-order valence-electron chi connectivity index (χ2n) is 19.3. The van der Waals surface area contributed by atoms with E-state index < -0.39 is 12.1 Å². The first kappa shape index (κ1) is 62.8. The van der Waals surface area contributed by atoms with E-state index in [0.29, 0.717) is 6.42 Å². The third-order valence-corrected chi connectivity index (χ3v) is 12.9. The van der Waals surface area contributed by atoms with Crippen LogP contribution in [-0.2, 0) is 4.79 Å². The molecule has 0 aromatic heterocycles. The summed E-state index contributed by atoms with van der Waals surface area (Å²) in [6.07, 6.45) is 80.8. The van der Waals surface area contributed by atoms with Gasteiger partial charge in [0.15, 0.2) is 0 Å². The maximum Gasteiger partial charge on any atom is 0.220 e. The lowest BCUT2D eigenvalue weighted by molar-refractivity contribution is -0.123. The number of hydrogen-bond donors (Lipinski definition) is 3. The summed E-state index contributed by atoms with van der Waals surface area (Å²) in [6, 6.07) is -0.640. The molecule has 0 rings (SSSR count). The van der Waals surface area contributed by atoms with Crippen LogP contribution in [0.2, 0.25) is 0 Å². The van der Waals surface area contributed by atoms with E-state index in [2.05, 4.69) is 79.9 Å². The minimum atomic E-state index is -0.863. The Bertz CT molecular complexity index is 1120. The Hall–Kier alpha value is -2.17. The van der Waals surface area contributed by atoms with Crippen LogP contribution in [0, 0.1) is 0 Å². The average molecular weight is 907 g/mol. The monoisotopic (exact) mass is 906 g/mol. The highest BCUT2D eigenvalue weighted by Crippen LogP contribution is 2.17. The zero-order chi connectivity index (χ0) is 47.0. The maximum absolute atomic E-state index is 12.5. The molecule has 3 N–H and O–H groups in total. The number of amides is 1. The Balaban J connectivity index is 3.47. The molecule has 0 spiro atoms. The second-order valence-corrected chi connectivity index (χ2v) is 19.3. The summed E-state index contributed by atoms with van der Waals surface area (Å²) in [5.74, 6) is -0.0707. The van der Waals surface area contributed by atoms with Crippen molar-refractivity contribution in [3.63, 3.8) is 0 Å². The summed E-state index contributed by atoms with van der Waals surface area (Å²) in [7, 11) is 0. The summed E-state index contributed by atoms with van der Waals surface area (Å²) in [5.41, 5.74) is 0. The Morgan fingerprint density at radius 3 is 1.08 bits per heavy atom. The average Bonchev–Trinajstić information content (AvgIpc) is 3.31. The molecule has 4 nitrogen and oxygen atoms in total. The number of hydrogen-bond acceptors (Lipinski definition) is 3. The first-order valence-electron chi connectivity index (χ1n) is 28.7. The molecule has 0 heterocycles. The zero-order valence-electron chi connectivity index (χ0n) is 43.5. The van der Waals surface area contributed by atoms with Crippen LogP contribution in [0.4, 0.5) is 0 Å². The number of carbonyl (C=O) groups excluding carboxylic acids is 1. The molecule has 0 saturated carbocycles. The summed E-state index contributed by atoms with van der Waals surface area (Å²) in [4.78, 5) is 12.5. The van der Waals surface area contributed by atoms with Crippen molar-refractivity contribution in [3.05, 3.63) is 72.9 Å². The topological polar surface area (TPSA) is 69.6 Å². The maximum atomic E-state index is 12.5. The first-order valence-corrected chi connectivity index (χ1v) is 28.7. The van der Waals surface area contributed by atoms with E-state index in [-0.39, 0.29) is 12.5 Å². The van der Waals surface area contributed by atoms with Crippen LogP contribution < -0.4 is 5.32 Å². The highest BCUT2D eigenvalue weighted by Gasteiger charge is 2.18. The van der Waals surface area contributed by atoms with Gasteiger partial charge in [-0.05, 0) is 70.6 Å². The molecule has 0 aliphatic heterocycles. The van der Waals surface area contributed by atoms with Crippen molar-refractivity contribution in [2.24, 2.45) is 0 Å². The Morgan fingerprint density at radius 1 is 0.385 bits per heavy atom. The lowest BCUT2D eigenvalue weighted by atomic mass is 10.0. The van der Waals surface area contributed by atoms with Crippen LogP contribution in [0.15, 0.2) is 72.9 Å². The van der Waals surface area contributed by atoms with Crippen molar-refractivity contribution >= 4 is 5.91 Å². The number of aliphatic hydroxyl groups is 2. The van der Waals surface area contributed by atoms with Crippen LogP contribution in [0.3, 0.4) is 0 Å². The fraction of sp³-hybridized carbons (Fsp3) is 0.787. The van der Waals surface area contributed by atoms with E-state index in [4.69, 9.17) is 0 Å². The van der Waals surface area contributed by atoms with Crippen molar-refractivity contribution in [2.75, 3.05) is 6.61 Å². The van der Waals surface area contributed by atoms with Gasteiger partial charge in [0.05, 0.1) is 18.8 Å². The van der Waals surface area contributed by atoms with Gasteiger partial charge in [0.25, 0.3) is 0 Å².